The lowest BCUT2D eigenvalue weighted by molar-refractivity contribution is 0.247. The van der Waals surface area contributed by atoms with E-state index in [2.05, 4.69) is 27.2 Å². The van der Waals surface area contributed by atoms with Crippen LogP contribution in [0.2, 0.25) is 0 Å². The van der Waals surface area contributed by atoms with Gasteiger partial charge < -0.3 is 10.3 Å². The number of carbonyl (C=O) groups is 1. The number of benzene rings is 1. The van der Waals surface area contributed by atoms with Crippen LogP contribution in [0.15, 0.2) is 30.5 Å². The number of aromatic nitrogens is 1. The fourth-order valence-electron chi connectivity index (χ4n) is 1.81. The summed E-state index contributed by atoms with van der Waals surface area (Å²) in [6.07, 6.45) is 2.97. The number of rotatable bonds is 5. The number of urea groups is 1. The van der Waals surface area contributed by atoms with Crippen LogP contribution >= 0.6 is 11.9 Å². The third-order valence-electron chi connectivity index (χ3n) is 2.65. The molecule has 2 rings (SSSR count). The van der Waals surface area contributed by atoms with Gasteiger partial charge in [-0.3, -0.25) is 4.72 Å². The molecule has 0 aliphatic rings. The van der Waals surface area contributed by atoms with Gasteiger partial charge in [-0.25, -0.2) is 4.79 Å². The highest BCUT2D eigenvalue weighted by Crippen LogP contribution is 2.18. The molecule has 0 bridgehead atoms. The van der Waals surface area contributed by atoms with Crippen LogP contribution in [0.5, 0.6) is 0 Å². The Hall–Kier alpha value is -1.62. The topological polar surface area (TPSA) is 56.9 Å². The maximum Gasteiger partial charge on any atom is 0.324 e. The molecule has 5 heteroatoms. The smallest absolute Gasteiger partial charge is 0.324 e. The van der Waals surface area contributed by atoms with Crippen molar-refractivity contribution in [3.63, 3.8) is 0 Å². The number of carbonyl (C=O) groups excluding carboxylic acids is 1. The summed E-state index contributed by atoms with van der Waals surface area (Å²) in [5.74, 6) is 0.860. The average molecular weight is 263 g/mol. The monoisotopic (exact) mass is 263 g/mol. The Labute approximate surface area is 111 Å². The molecule has 0 atom stereocenters. The van der Waals surface area contributed by atoms with Crippen LogP contribution in [0, 0.1) is 0 Å². The summed E-state index contributed by atoms with van der Waals surface area (Å²) in [5, 5.41) is 3.95. The quantitative estimate of drug-likeness (QED) is 0.574. The molecule has 0 aliphatic heterocycles. The van der Waals surface area contributed by atoms with E-state index in [4.69, 9.17) is 0 Å². The van der Waals surface area contributed by atoms with E-state index < -0.39 is 0 Å². The van der Waals surface area contributed by atoms with E-state index in [1.165, 1.54) is 22.9 Å². The fourth-order valence-corrected chi connectivity index (χ4v) is 2.44. The lowest BCUT2D eigenvalue weighted by Crippen LogP contribution is -2.31. The van der Waals surface area contributed by atoms with E-state index in [0.29, 0.717) is 6.54 Å². The molecule has 96 valence electrons. The number of fused-ring (bicyclic) bond motifs is 1. The number of amides is 2. The highest BCUT2D eigenvalue weighted by atomic mass is 32.2. The molecule has 2 aromatic rings. The van der Waals surface area contributed by atoms with Gasteiger partial charge in [0.2, 0.25) is 0 Å². The zero-order valence-corrected chi connectivity index (χ0v) is 11.1. The van der Waals surface area contributed by atoms with Crippen molar-refractivity contribution in [3.05, 3.63) is 36.0 Å². The van der Waals surface area contributed by atoms with Crippen LogP contribution in [-0.2, 0) is 6.42 Å². The minimum absolute atomic E-state index is 0.124. The molecule has 1 aromatic carbocycles. The van der Waals surface area contributed by atoms with E-state index in [1.807, 2.05) is 25.3 Å². The average Bonchev–Trinajstić information content (AvgIpc) is 2.78. The van der Waals surface area contributed by atoms with Crippen LogP contribution in [-0.4, -0.2) is 23.3 Å². The maximum absolute atomic E-state index is 11.2. The summed E-state index contributed by atoms with van der Waals surface area (Å²) in [7, 11) is 0. The lowest BCUT2D eigenvalue weighted by Gasteiger charge is -2.04. The van der Waals surface area contributed by atoms with Crippen molar-refractivity contribution in [2.24, 2.45) is 0 Å². The number of aryl methyl sites for hydroxylation is 1. The Morgan fingerprint density at radius 1 is 1.39 bits per heavy atom. The lowest BCUT2D eigenvalue weighted by atomic mass is 10.1. The number of nitrogens with one attached hydrogen (secondary N) is 3. The molecule has 4 nitrogen and oxygen atoms in total. The van der Waals surface area contributed by atoms with Crippen molar-refractivity contribution in [2.75, 3.05) is 12.3 Å². The first-order valence-corrected chi connectivity index (χ1v) is 7.00. The van der Waals surface area contributed by atoms with Crippen molar-refractivity contribution in [1.29, 1.82) is 0 Å². The van der Waals surface area contributed by atoms with Gasteiger partial charge in [0.25, 0.3) is 0 Å². The van der Waals surface area contributed by atoms with E-state index in [9.17, 15) is 4.79 Å². The molecule has 1 heterocycles. The summed E-state index contributed by atoms with van der Waals surface area (Å²) < 4.78 is 2.75. The number of aromatic amines is 1. The number of hydrogen-bond donors (Lipinski definition) is 3. The zero-order chi connectivity index (χ0) is 12.8. The second kappa shape index (κ2) is 6.35. The van der Waals surface area contributed by atoms with Crippen molar-refractivity contribution in [2.45, 2.75) is 13.3 Å². The van der Waals surface area contributed by atoms with Crippen molar-refractivity contribution < 1.29 is 4.79 Å². The summed E-state index contributed by atoms with van der Waals surface area (Å²) >= 11 is 1.43. The molecule has 2 amide bonds. The van der Waals surface area contributed by atoms with Gasteiger partial charge >= 0.3 is 6.03 Å². The fraction of sp³-hybridized carbons (Fsp3) is 0.308. The van der Waals surface area contributed by atoms with Gasteiger partial charge in [-0.05, 0) is 36.9 Å². The number of H-pyrrole nitrogens is 1. The third kappa shape index (κ3) is 3.20. The summed E-state index contributed by atoms with van der Waals surface area (Å²) in [6.45, 7) is 2.55. The van der Waals surface area contributed by atoms with Gasteiger partial charge in [0, 0.05) is 29.4 Å². The van der Waals surface area contributed by atoms with E-state index in [1.54, 1.807) is 0 Å². The predicted molar refractivity (Wildman–Crippen MR) is 76.7 cm³/mol. The van der Waals surface area contributed by atoms with Crippen molar-refractivity contribution in [1.82, 2.24) is 15.0 Å². The first kappa shape index (κ1) is 12.8. The third-order valence-corrected chi connectivity index (χ3v) is 3.39. The first-order valence-electron chi connectivity index (χ1n) is 6.02. The normalized spacial score (nSPS) is 10.5. The Balaban J connectivity index is 1.82. The van der Waals surface area contributed by atoms with Gasteiger partial charge in [0.15, 0.2) is 0 Å². The molecule has 0 saturated heterocycles. The summed E-state index contributed by atoms with van der Waals surface area (Å²) in [6, 6.07) is 8.12. The molecule has 0 aliphatic carbocycles. The van der Waals surface area contributed by atoms with Crippen LogP contribution in [0.1, 0.15) is 12.5 Å². The maximum atomic E-state index is 11.2. The highest BCUT2D eigenvalue weighted by molar-refractivity contribution is 7.97. The minimum atomic E-state index is -0.124. The number of para-hydroxylation sites is 1. The Kier molecular flexibility index (Phi) is 4.52. The zero-order valence-electron chi connectivity index (χ0n) is 10.3. The molecule has 0 fully saturated rings. The van der Waals surface area contributed by atoms with Crippen molar-refractivity contribution >= 4 is 28.9 Å². The molecular formula is C13H17N3OS. The van der Waals surface area contributed by atoms with Gasteiger partial charge in [0.1, 0.15) is 0 Å². The van der Waals surface area contributed by atoms with Gasteiger partial charge in [-0.1, -0.05) is 18.2 Å². The van der Waals surface area contributed by atoms with Crippen molar-refractivity contribution in [3.8, 4) is 0 Å². The SMILES string of the molecule is CCNC(=O)NSCCc1c[nH]c2ccccc12. The molecule has 0 saturated carbocycles. The van der Waals surface area contributed by atoms with Crippen LogP contribution in [0.25, 0.3) is 10.9 Å². The summed E-state index contributed by atoms with van der Waals surface area (Å²) in [4.78, 5) is 14.4. The molecule has 0 spiro atoms. The summed E-state index contributed by atoms with van der Waals surface area (Å²) in [5.41, 5.74) is 2.45. The van der Waals surface area contributed by atoms with Crippen LogP contribution < -0.4 is 10.0 Å². The van der Waals surface area contributed by atoms with Gasteiger partial charge in [-0.15, -0.1) is 0 Å². The molecule has 3 N–H and O–H groups in total. The van der Waals surface area contributed by atoms with Gasteiger partial charge in [-0.2, -0.15) is 0 Å². The molecule has 0 radical (unpaired) electrons. The van der Waals surface area contributed by atoms with Gasteiger partial charge in [0.05, 0.1) is 0 Å². The molecule has 1 aromatic heterocycles. The van der Waals surface area contributed by atoms with Crippen LogP contribution in [0.4, 0.5) is 4.79 Å². The molecular weight excluding hydrogens is 246 g/mol. The van der Waals surface area contributed by atoms with E-state index in [-0.39, 0.29) is 6.03 Å². The largest absolute Gasteiger partial charge is 0.361 e. The predicted octanol–water partition coefficient (Wildman–Crippen LogP) is 2.68. The Bertz CT molecular complexity index is 524. The standard InChI is InChI=1S/C13H17N3OS/c1-2-14-13(17)16-18-8-7-10-9-15-12-6-4-3-5-11(10)12/h3-6,9,15H,2,7-8H2,1H3,(H2,14,16,17). The molecule has 18 heavy (non-hydrogen) atoms. The highest BCUT2D eigenvalue weighted by Gasteiger charge is 2.03. The van der Waals surface area contributed by atoms with E-state index >= 15 is 0 Å². The van der Waals surface area contributed by atoms with E-state index in [0.717, 1.165) is 17.7 Å². The number of hydrogen-bond acceptors (Lipinski definition) is 2. The second-order valence-electron chi connectivity index (χ2n) is 3.92. The Morgan fingerprint density at radius 3 is 3.06 bits per heavy atom. The minimum Gasteiger partial charge on any atom is -0.361 e. The van der Waals surface area contributed by atoms with Crippen LogP contribution in [0.3, 0.4) is 0 Å². The Morgan fingerprint density at radius 2 is 2.22 bits per heavy atom. The second-order valence-corrected chi connectivity index (χ2v) is 4.82. The molecule has 0 unspecified atom stereocenters. The first-order chi connectivity index (χ1) is 8.81.